The van der Waals surface area contributed by atoms with Gasteiger partial charge in [-0.15, -0.1) is 0 Å². The van der Waals surface area contributed by atoms with Crippen molar-refractivity contribution < 1.29 is 19.5 Å². The standard InChI is InChI=1S/C10H16N2O4/c1-11-8(13)5-12(2)9(14)6-3-4-7(6)10(15)16/h6-7H,3-5H2,1-2H3,(H,11,13)(H,15,16). The number of rotatable bonds is 4. The van der Waals surface area contributed by atoms with Gasteiger partial charge in [-0.3, -0.25) is 14.4 Å². The van der Waals surface area contributed by atoms with E-state index < -0.39 is 17.8 Å². The largest absolute Gasteiger partial charge is 0.481 e. The third kappa shape index (κ3) is 2.50. The molecule has 0 aromatic heterocycles. The van der Waals surface area contributed by atoms with Crippen LogP contribution >= 0.6 is 0 Å². The van der Waals surface area contributed by atoms with Crippen LogP contribution in [-0.4, -0.2) is 48.4 Å². The minimum Gasteiger partial charge on any atom is -0.481 e. The minimum absolute atomic E-state index is 0.0296. The molecule has 0 aliphatic heterocycles. The molecule has 1 aliphatic rings. The quantitative estimate of drug-likeness (QED) is 0.666. The minimum atomic E-state index is -0.932. The average molecular weight is 228 g/mol. The number of amides is 2. The van der Waals surface area contributed by atoms with Gasteiger partial charge in [-0.25, -0.2) is 0 Å². The maximum Gasteiger partial charge on any atom is 0.307 e. The molecule has 16 heavy (non-hydrogen) atoms. The Morgan fingerprint density at radius 2 is 1.88 bits per heavy atom. The molecule has 0 radical (unpaired) electrons. The third-order valence-corrected chi connectivity index (χ3v) is 2.94. The van der Waals surface area contributed by atoms with E-state index in [1.54, 1.807) is 0 Å². The van der Waals surface area contributed by atoms with E-state index >= 15 is 0 Å². The third-order valence-electron chi connectivity index (χ3n) is 2.94. The molecule has 2 unspecified atom stereocenters. The Bertz CT molecular complexity index is 316. The van der Waals surface area contributed by atoms with E-state index in [0.29, 0.717) is 12.8 Å². The second-order valence-electron chi connectivity index (χ2n) is 4.00. The van der Waals surface area contributed by atoms with Gasteiger partial charge in [0.25, 0.3) is 0 Å². The summed E-state index contributed by atoms with van der Waals surface area (Å²) in [6.45, 7) is -0.0296. The number of carbonyl (C=O) groups is 3. The van der Waals surface area contributed by atoms with Crippen LogP contribution in [0, 0.1) is 11.8 Å². The summed E-state index contributed by atoms with van der Waals surface area (Å²) in [5, 5.41) is 11.2. The Labute approximate surface area is 93.6 Å². The van der Waals surface area contributed by atoms with E-state index in [1.165, 1.54) is 19.0 Å². The number of nitrogens with zero attached hydrogens (tertiary/aromatic N) is 1. The summed E-state index contributed by atoms with van der Waals surface area (Å²) in [6, 6.07) is 0. The van der Waals surface area contributed by atoms with Gasteiger partial charge in [0.05, 0.1) is 18.4 Å². The molecule has 2 amide bonds. The second-order valence-corrected chi connectivity index (χ2v) is 4.00. The molecule has 1 fully saturated rings. The second kappa shape index (κ2) is 4.96. The number of hydrogen-bond acceptors (Lipinski definition) is 3. The summed E-state index contributed by atoms with van der Waals surface area (Å²) in [6.07, 6.45) is 1.13. The lowest BCUT2D eigenvalue weighted by Crippen LogP contribution is -2.47. The van der Waals surface area contributed by atoms with Gasteiger partial charge in [0.2, 0.25) is 11.8 Å². The van der Waals surface area contributed by atoms with Crippen LogP contribution in [0.1, 0.15) is 12.8 Å². The van der Waals surface area contributed by atoms with Gasteiger partial charge >= 0.3 is 5.97 Å². The zero-order chi connectivity index (χ0) is 12.3. The average Bonchev–Trinajstić information content (AvgIpc) is 2.14. The van der Waals surface area contributed by atoms with E-state index in [0.717, 1.165) is 0 Å². The Morgan fingerprint density at radius 3 is 2.25 bits per heavy atom. The molecule has 2 N–H and O–H groups in total. The van der Waals surface area contributed by atoms with Gasteiger partial charge in [0.15, 0.2) is 0 Å². The van der Waals surface area contributed by atoms with Crippen LogP contribution < -0.4 is 5.32 Å². The number of nitrogens with one attached hydrogen (secondary N) is 1. The normalized spacial score (nSPS) is 23.1. The molecular formula is C10H16N2O4. The number of aliphatic carboxylic acids is 1. The monoisotopic (exact) mass is 228 g/mol. The molecule has 2 atom stereocenters. The van der Waals surface area contributed by atoms with E-state index in [1.807, 2.05) is 0 Å². The van der Waals surface area contributed by atoms with Gasteiger partial charge in [-0.1, -0.05) is 0 Å². The number of carbonyl (C=O) groups excluding carboxylic acids is 2. The number of carboxylic acid groups (broad SMARTS) is 1. The zero-order valence-electron chi connectivity index (χ0n) is 9.40. The molecule has 1 rings (SSSR count). The molecule has 0 bridgehead atoms. The Balaban J connectivity index is 2.51. The Kier molecular flexibility index (Phi) is 3.87. The summed E-state index contributed by atoms with van der Waals surface area (Å²) in [5.74, 6) is -2.51. The zero-order valence-corrected chi connectivity index (χ0v) is 9.40. The summed E-state index contributed by atoms with van der Waals surface area (Å²) in [7, 11) is 3.00. The fraction of sp³-hybridized carbons (Fsp3) is 0.700. The van der Waals surface area contributed by atoms with Crippen molar-refractivity contribution in [3.05, 3.63) is 0 Å². The van der Waals surface area contributed by atoms with Gasteiger partial charge in [-0.05, 0) is 12.8 Å². The topological polar surface area (TPSA) is 86.7 Å². The molecular weight excluding hydrogens is 212 g/mol. The molecule has 0 heterocycles. The van der Waals surface area contributed by atoms with E-state index in [-0.39, 0.29) is 18.4 Å². The van der Waals surface area contributed by atoms with Crippen LogP contribution in [0.4, 0.5) is 0 Å². The lowest BCUT2D eigenvalue weighted by molar-refractivity contribution is -0.156. The van der Waals surface area contributed by atoms with Crippen molar-refractivity contribution >= 4 is 17.8 Å². The molecule has 0 aromatic rings. The first-order valence-corrected chi connectivity index (χ1v) is 5.15. The van der Waals surface area contributed by atoms with Crippen LogP contribution in [0.15, 0.2) is 0 Å². The van der Waals surface area contributed by atoms with Crippen LogP contribution in [0.3, 0.4) is 0 Å². The lowest BCUT2D eigenvalue weighted by Gasteiger charge is -2.34. The number of carboxylic acids is 1. The summed E-state index contributed by atoms with van der Waals surface area (Å²) in [4.78, 5) is 34.8. The van der Waals surface area contributed by atoms with Crippen LogP contribution in [0.5, 0.6) is 0 Å². The first kappa shape index (κ1) is 12.5. The van der Waals surface area contributed by atoms with Crippen molar-refractivity contribution in [1.82, 2.24) is 10.2 Å². The van der Waals surface area contributed by atoms with E-state index in [9.17, 15) is 14.4 Å². The fourth-order valence-corrected chi connectivity index (χ4v) is 1.75. The maximum atomic E-state index is 11.8. The highest BCUT2D eigenvalue weighted by molar-refractivity contribution is 5.89. The SMILES string of the molecule is CNC(=O)CN(C)C(=O)C1CCC1C(=O)O. The predicted octanol–water partition coefficient (Wildman–Crippen LogP) is -0.698. The number of hydrogen-bond donors (Lipinski definition) is 2. The van der Waals surface area contributed by atoms with Gasteiger partial charge in [0, 0.05) is 14.1 Å². The molecule has 1 aliphatic carbocycles. The number of likely N-dealkylation sites (N-methyl/N-ethyl adjacent to an activating group) is 2. The van der Waals surface area contributed by atoms with Crippen LogP contribution in [0.2, 0.25) is 0 Å². The highest BCUT2D eigenvalue weighted by atomic mass is 16.4. The fourth-order valence-electron chi connectivity index (χ4n) is 1.75. The first-order valence-electron chi connectivity index (χ1n) is 5.15. The summed E-state index contributed by atoms with van der Waals surface area (Å²) in [5.41, 5.74) is 0. The summed E-state index contributed by atoms with van der Waals surface area (Å²) < 4.78 is 0. The van der Waals surface area contributed by atoms with Gasteiger partial charge in [-0.2, -0.15) is 0 Å². The highest BCUT2D eigenvalue weighted by Crippen LogP contribution is 2.35. The Morgan fingerprint density at radius 1 is 1.31 bits per heavy atom. The molecule has 0 spiro atoms. The molecule has 0 aromatic carbocycles. The lowest BCUT2D eigenvalue weighted by atomic mass is 9.73. The molecule has 0 saturated heterocycles. The van der Waals surface area contributed by atoms with Crippen molar-refractivity contribution in [3.8, 4) is 0 Å². The smallest absolute Gasteiger partial charge is 0.307 e. The molecule has 6 heteroatoms. The van der Waals surface area contributed by atoms with Crippen molar-refractivity contribution in [1.29, 1.82) is 0 Å². The van der Waals surface area contributed by atoms with E-state index in [4.69, 9.17) is 5.11 Å². The van der Waals surface area contributed by atoms with Crippen molar-refractivity contribution in [2.75, 3.05) is 20.6 Å². The van der Waals surface area contributed by atoms with Crippen LogP contribution in [-0.2, 0) is 14.4 Å². The van der Waals surface area contributed by atoms with Gasteiger partial charge < -0.3 is 15.3 Å². The summed E-state index contributed by atoms with van der Waals surface area (Å²) >= 11 is 0. The van der Waals surface area contributed by atoms with Crippen LogP contribution in [0.25, 0.3) is 0 Å². The molecule has 1 saturated carbocycles. The Hall–Kier alpha value is -1.59. The first-order chi connectivity index (χ1) is 7.47. The highest BCUT2D eigenvalue weighted by Gasteiger charge is 2.42. The molecule has 90 valence electrons. The van der Waals surface area contributed by atoms with Crippen molar-refractivity contribution in [3.63, 3.8) is 0 Å². The van der Waals surface area contributed by atoms with Gasteiger partial charge in [0.1, 0.15) is 0 Å². The molecule has 6 nitrogen and oxygen atoms in total. The maximum absolute atomic E-state index is 11.8. The van der Waals surface area contributed by atoms with Crippen molar-refractivity contribution in [2.24, 2.45) is 11.8 Å². The van der Waals surface area contributed by atoms with E-state index in [2.05, 4.69) is 5.32 Å². The van der Waals surface area contributed by atoms with Crippen molar-refractivity contribution in [2.45, 2.75) is 12.8 Å². The predicted molar refractivity (Wildman–Crippen MR) is 55.6 cm³/mol.